The predicted octanol–water partition coefficient (Wildman–Crippen LogP) is 0.965. The smallest absolute Gasteiger partial charge is 0.358 e. The summed E-state index contributed by atoms with van der Waals surface area (Å²) >= 11 is 0. The van der Waals surface area contributed by atoms with Crippen molar-refractivity contribution in [2.75, 3.05) is 0 Å². The normalized spacial score (nSPS) is 10.8. The molecule has 2 N–H and O–H groups in total. The van der Waals surface area contributed by atoms with Crippen LogP contribution in [0.5, 0.6) is 0 Å². The van der Waals surface area contributed by atoms with Crippen LogP contribution in [0.25, 0.3) is 0 Å². The van der Waals surface area contributed by atoms with Gasteiger partial charge >= 0.3 is 11.9 Å². The van der Waals surface area contributed by atoms with Crippen molar-refractivity contribution in [2.45, 2.75) is 39.2 Å². The van der Waals surface area contributed by atoms with E-state index in [-0.39, 0.29) is 18.0 Å². The molecule has 0 bridgehead atoms. The lowest BCUT2D eigenvalue weighted by Crippen LogP contribution is -2.11. The van der Waals surface area contributed by atoms with E-state index in [0.29, 0.717) is 18.7 Å². The number of carboxylic acid groups (broad SMARTS) is 2. The molecule has 0 aliphatic rings. The van der Waals surface area contributed by atoms with Gasteiger partial charge in [-0.3, -0.25) is 4.79 Å². The van der Waals surface area contributed by atoms with E-state index < -0.39 is 11.9 Å². The second kappa shape index (κ2) is 5.42. The number of aromatic carboxylic acids is 1. The summed E-state index contributed by atoms with van der Waals surface area (Å²) in [6.07, 6.45) is 0.428. The minimum Gasteiger partial charge on any atom is -0.481 e. The highest BCUT2D eigenvalue weighted by Crippen LogP contribution is 2.18. The largest absolute Gasteiger partial charge is 0.481 e. The van der Waals surface area contributed by atoms with Gasteiger partial charge in [-0.05, 0) is 12.3 Å². The molecule has 0 saturated carbocycles. The topological polar surface area (TPSA) is 105 Å². The fourth-order valence-corrected chi connectivity index (χ4v) is 1.59. The minimum absolute atomic E-state index is 0.0269. The lowest BCUT2D eigenvalue weighted by Gasteiger charge is -2.08. The molecule has 1 rings (SSSR count). The Kier molecular flexibility index (Phi) is 4.19. The van der Waals surface area contributed by atoms with Gasteiger partial charge in [-0.15, -0.1) is 5.10 Å². The molecule has 0 unspecified atom stereocenters. The van der Waals surface area contributed by atoms with Gasteiger partial charge in [-0.25, -0.2) is 9.48 Å². The van der Waals surface area contributed by atoms with Gasteiger partial charge in [0.1, 0.15) is 0 Å². The Morgan fingerprint density at radius 1 is 1.35 bits per heavy atom. The number of hydrogen-bond donors (Lipinski definition) is 2. The molecule has 94 valence electrons. The van der Waals surface area contributed by atoms with Gasteiger partial charge in [-0.2, -0.15) is 0 Å². The van der Waals surface area contributed by atoms with Crippen LogP contribution in [-0.4, -0.2) is 37.1 Å². The van der Waals surface area contributed by atoms with Crippen LogP contribution >= 0.6 is 0 Å². The van der Waals surface area contributed by atoms with Crippen molar-refractivity contribution in [3.05, 3.63) is 11.4 Å². The molecule has 0 atom stereocenters. The molecule has 1 aromatic heterocycles. The molecule has 0 amide bonds. The highest BCUT2D eigenvalue weighted by molar-refractivity contribution is 5.86. The highest BCUT2D eigenvalue weighted by Gasteiger charge is 2.21. The summed E-state index contributed by atoms with van der Waals surface area (Å²) in [4.78, 5) is 21.3. The summed E-state index contributed by atoms with van der Waals surface area (Å²) in [6, 6.07) is 0. The molecule has 0 spiro atoms. The number of nitrogens with zero attached hydrogens (tertiary/aromatic N) is 3. The van der Waals surface area contributed by atoms with Crippen LogP contribution in [0.3, 0.4) is 0 Å². The molecular weight excluding hydrogens is 226 g/mol. The molecule has 7 nitrogen and oxygen atoms in total. The Hall–Kier alpha value is -1.92. The summed E-state index contributed by atoms with van der Waals surface area (Å²) in [7, 11) is 0. The van der Waals surface area contributed by atoms with Crippen LogP contribution in [0.4, 0.5) is 0 Å². The van der Waals surface area contributed by atoms with Gasteiger partial charge in [-0.1, -0.05) is 19.1 Å². The molecule has 0 radical (unpaired) electrons. The van der Waals surface area contributed by atoms with Gasteiger partial charge in [0.15, 0.2) is 5.69 Å². The number of carboxylic acids is 2. The van der Waals surface area contributed by atoms with E-state index in [2.05, 4.69) is 10.3 Å². The van der Waals surface area contributed by atoms with Crippen LogP contribution in [-0.2, 0) is 11.3 Å². The van der Waals surface area contributed by atoms with Gasteiger partial charge in [0, 0.05) is 13.0 Å². The lowest BCUT2D eigenvalue weighted by molar-refractivity contribution is -0.137. The number of rotatable bonds is 6. The van der Waals surface area contributed by atoms with Crippen LogP contribution < -0.4 is 0 Å². The Morgan fingerprint density at radius 3 is 2.47 bits per heavy atom. The van der Waals surface area contributed by atoms with E-state index in [9.17, 15) is 9.59 Å². The zero-order valence-electron chi connectivity index (χ0n) is 9.75. The summed E-state index contributed by atoms with van der Waals surface area (Å²) in [6.45, 7) is 4.05. The van der Waals surface area contributed by atoms with Crippen LogP contribution in [0.1, 0.15) is 48.8 Å². The molecule has 1 aromatic rings. The first kappa shape index (κ1) is 13.1. The molecule has 0 fully saturated rings. The number of aryl methyl sites for hydroxylation is 1. The van der Waals surface area contributed by atoms with Crippen molar-refractivity contribution in [3.63, 3.8) is 0 Å². The first-order valence-corrected chi connectivity index (χ1v) is 5.32. The zero-order chi connectivity index (χ0) is 13.0. The SMILES string of the molecule is CC(C)c1c(C(=O)O)nnn1CCCC(=O)O. The van der Waals surface area contributed by atoms with Crippen LogP contribution in [0.2, 0.25) is 0 Å². The van der Waals surface area contributed by atoms with Crippen molar-refractivity contribution in [1.29, 1.82) is 0 Å². The van der Waals surface area contributed by atoms with E-state index in [1.165, 1.54) is 4.68 Å². The number of carbonyl (C=O) groups is 2. The molecule has 7 heteroatoms. The average molecular weight is 241 g/mol. The third-order valence-corrected chi connectivity index (χ3v) is 2.28. The maximum absolute atomic E-state index is 10.9. The summed E-state index contributed by atoms with van der Waals surface area (Å²) in [5.74, 6) is -2.02. The van der Waals surface area contributed by atoms with Crippen LogP contribution in [0, 0.1) is 0 Å². The van der Waals surface area contributed by atoms with Crippen molar-refractivity contribution in [1.82, 2.24) is 15.0 Å². The van der Waals surface area contributed by atoms with Crippen molar-refractivity contribution in [2.24, 2.45) is 0 Å². The highest BCUT2D eigenvalue weighted by atomic mass is 16.4. The Balaban J connectivity index is 2.85. The molecule has 0 saturated heterocycles. The molecule has 0 aliphatic heterocycles. The Bertz CT molecular complexity index is 425. The first-order chi connectivity index (χ1) is 7.93. The van der Waals surface area contributed by atoms with Crippen molar-refractivity contribution in [3.8, 4) is 0 Å². The molecule has 0 aromatic carbocycles. The second-order valence-corrected chi connectivity index (χ2v) is 4.00. The molecular formula is C10H15N3O4. The maximum atomic E-state index is 10.9. The van der Waals surface area contributed by atoms with Gasteiger partial charge < -0.3 is 10.2 Å². The molecule has 0 aliphatic carbocycles. The minimum atomic E-state index is -1.11. The monoisotopic (exact) mass is 241 g/mol. The third kappa shape index (κ3) is 3.27. The van der Waals surface area contributed by atoms with E-state index in [1.807, 2.05) is 13.8 Å². The summed E-state index contributed by atoms with van der Waals surface area (Å²) in [5.41, 5.74) is 0.471. The predicted molar refractivity (Wildman–Crippen MR) is 57.9 cm³/mol. The van der Waals surface area contributed by atoms with E-state index in [1.54, 1.807) is 0 Å². The number of aromatic nitrogens is 3. The van der Waals surface area contributed by atoms with E-state index in [0.717, 1.165) is 0 Å². The van der Waals surface area contributed by atoms with Crippen molar-refractivity contribution < 1.29 is 19.8 Å². The number of aliphatic carboxylic acids is 1. The molecule has 1 heterocycles. The van der Waals surface area contributed by atoms with E-state index in [4.69, 9.17) is 10.2 Å². The van der Waals surface area contributed by atoms with Crippen molar-refractivity contribution >= 4 is 11.9 Å². The number of hydrogen-bond acceptors (Lipinski definition) is 4. The molecule has 17 heavy (non-hydrogen) atoms. The quantitative estimate of drug-likeness (QED) is 0.768. The third-order valence-electron chi connectivity index (χ3n) is 2.28. The average Bonchev–Trinajstić information content (AvgIpc) is 2.61. The fourth-order valence-electron chi connectivity index (χ4n) is 1.59. The van der Waals surface area contributed by atoms with E-state index >= 15 is 0 Å². The Labute approximate surface area is 98.1 Å². The Morgan fingerprint density at radius 2 is 2.00 bits per heavy atom. The summed E-state index contributed by atoms with van der Waals surface area (Å²) in [5, 5.41) is 24.8. The second-order valence-electron chi connectivity index (χ2n) is 4.00. The standard InChI is InChI=1S/C10H15N3O4/c1-6(2)9-8(10(16)17)11-12-13(9)5-3-4-7(14)15/h6H,3-5H2,1-2H3,(H,14,15)(H,16,17). The fraction of sp³-hybridized carbons (Fsp3) is 0.600. The van der Waals surface area contributed by atoms with Gasteiger partial charge in [0.05, 0.1) is 5.69 Å². The lowest BCUT2D eigenvalue weighted by atomic mass is 10.1. The van der Waals surface area contributed by atoms with Gasteiger partial charge in [0.2, 0.25) is 0 Å². The first-order valence-electron chi connectivity index (χ1n) is 5.32. The summed E-state index contributed by atoms with van der Waals surface area (Å²) < 4.78 is 1.47. The van der Waals surface area contributed by atoms with Gasteiger partial charge in [0.25, 0.3) is 0 Å². The van der Waals surface area contributed by atoms with Crippen LogP contribution in [0.15, 0.2) is 0 Å². The maximum Gasteiger partial charge on any atom is 0.358 e. The zero-order valence-corrected chi connectivity index (χ0v) is 9.75.